The molecule has 0 amide bonds. The molecule has 0 aromatic heterocycles. The van der Waals surface area contributed by atoms with Crippen LogP contribution in [0.25, 0.3) is 0 Å². The summed E-state index contributed by atoms with van der Waals surface area (Å²) in [5.74, 6) is 0.835. The van der Waals surface area contributed by atoms with Crippen LogP contribution in [0.3, 0.4) is 0 Å². The van der Waals surface area contributed by atoms with Crippen molar-refractivity contribution in [1.29, 1.82) is 0 Å². The number of hydrogen-bond donors (Lipinski definition) is 1. The lowest BCUT2D eigenvalue weighted by molar-refractivity contribution is 0.171. The molecule has 0 heterocycles. The molecule has 0 saturated heterocycles. The summed E-state index contributed by atoms with van der Waals surface area (Å²) in [6.45, 7) is 1.99. The number of halogens is 2. The van der Waals surface area contributed by atoms with E-state index < -0.39 is 0 Å². The summed E-state index contributed by atoms with van der Waals surface area (Å²) in [7, 11) is 1.69. The fourth-order valence-electron chi connectivity index (χ4n) is 1.44. The maximum Gasteiger partial charge on any atom is 0.147 e. The van der Waals surface area contributed by atoms with E-state index >= 15 is 0 Å². The summed E-state index contributed by atoms with van der Waals surface area (Å²) in [5.41, 5.74) is 6.73. The van der Waals surface area contributed by atoms with Crippen molar-refractivity contribution in [2.45, 2.75) is 12.8 Å². The van der Waals surface area contributed by atoms with Crippen LogP contribution in [0.5, 0.6) is 5.75 Å². The van der Waals surface area contributed by atoms with Crippen LogP contribution in [0.15, 0.2) is 21.1 Å². The van der Waals surface area contributed by atoms with Gasteiger partial charge in [0, 0.05) is 20.1 Å². The molecule has 2 N–H and O–H groups in total. The van der Waals surface area contributed by atoms with Gasteiger partial charge in [-0.15, -0.1) is 0 Å². The zero-order valence-electron chi connectivity index (χ0n) is 9.84. The summed E-state index contributed by atoms with van der Waals surface area (Å²) in [6.07, 6.45) is 1.74. The zero-order chi connectivity index (χ0) is 12.7. The van der Waals surface area contributed by atoms with Crippen LogP contribution in [0.1, 0.15) is 12.0 Å². The smallest absolute Gasteiger partial charge is 0.147 e. The van der Waals surface area contributed by atoms with Gasteiger partial charge in [0.05, 0.1) is 15.6 Å². The zero-order valence-corrected chi connectivity index (χ0v) is 13.0. The lowest BCUT2D eigenvalue weighted by Crippen LogP contribution is -2.05. The van der Waals surface area contributed by atoms with E-state index in [1.54, 1.807) is 7.11 Å². The van der Waals surface area contributed by atoms with Crippen molar-refractivity contribution < 1.29 is 9.47 Å². The first-order valence-electron chi connectivity index (χ1n) is 5.48. The van der Waals surface area contributed by atoms with Crippen LogP contribution < -0.4 is 10.5 Å². The van der Waals surface area contributed by atoms with Crippen molar-refractivity contribution in [2.75, 3.05) is 26.9 Å². The first-order valence-corrected chi connectivity index (χ1v) is 7.07. The largest absolute Gasteiger partial charge is 0.491 e. The third kappa shape index (κ3) is 4.95. The Kier molecular flexibility index (Phi) is 7.11. The average molecular weight is 367 g/mol. The highest BCUT2D eigenvalue weighted by Crippen LogP contribution is 2.34. The van der Waals surface area contributed by atoms with E-state index in [0.29, 0.717) is 19.8 Å². The Bertz CT molecular complexity index is 335. The number of ether oxygens (including phenoxy) is 2. The minimum absolute atomic E-state index is 0.640. The first-order chi connectivity index (χ1) is 8.19. The predicted molar refractivity (Wildman–Crippen MR) is 76.6 cm³/mol. The summed E-state index contributed by atoms with van der Waals surface area (Å²) in [4.78, 5) is 0. The molecular formula is C12H17Br2NO2. The van der Waals surface area contributed by atoms with Gasteiger partial charge >= 0.3 is 0 Å². The van der Waals surface area contributed by atoms with E-state index in [1.807, 2.05) is 12.1 Å². The van der Waals surface area contributed by atoms with Crippen molar-refractivity contribution in [3.63, 3.8) is 0 Å². The number of benzene rings is 1. The summed E-state index contributed by atoms with van der Waals surface area (Å²) in [5, 5.41) is 0. The molecule has 0 spiro atoms. The Balaban J connectivity index is 2.65. The van der Waals surface area contributed by atoms with Crippen molar-refractivity contribution in [3.05, 3.63) is 26.6 Å². The Hall–Kier alpha value is -0.100. The number of nitrogens with two attached hydrogens (primary N) is 1. The highest BCUT2D eigenvalue weighted by atomic mass is 79.9. The molecule has 5 heteroatoms. The van der Waals surface area contributed by atoms with Crippen LogP contribution in [-0.4, -0.2) is 26.9 Å². The van der Waals surface area contributed by atoms with Gasteiger partial charge in [0.1, 0.15) is 5.75 Å². The average Bonchev–Trinajstić information content (AvgIpc) is 2.27. The molecule has 0 aliphatic heterocycles. The SMILES string of the molecule is COCCCOc1c(Br)cc(CCN)cc1Br. The fraction of sp³-hybridized carbons (Fsp3) is 0.500. The molecule has 1 aromatic rings. The Labute approximate surface area is 119 Å². The second-order valence-corrected chi connectivity index (χ2v) is 5.33. The van der Waals surface area contributed by atoms with Gasteiger partial charge in [0.25, 0.3) is 0 Å². The van der Waals surface area contributed by atoms with E-state index in [-0.39, 0.29) is 0 Å². The van der Waals surface area contributed by atoms with E-state index in [4.69, 9.17) is 15.2 Å². The van der Waals surface area contributed by atoms with Gasteiger partial charge < -0.3 is 15.2 Å². The van der Waals surface area contributed by atoms with Crippen LogP contribution >= 0.6 is 31.9 Å². The van der Waals surface area contributed by atoms with E-state index in [2.05, 4.69) is 31.9 Å². The number of rotatable bonds is 7. The summed E-state index contributed by atoms with van der Waals surface area (Å²) >= 11 is 7.02. The monoisotopic (exact) mass is 365 g/mol. The third-order valence-electron chi connectivity index (χ3n) is 2.23. The molecule has 17 heavy (non-hydrogen) atoms. The van der Waals surface area contributed by atoms with Crippen molar-refractivity contribution in [1.82, 2.24) is 0 Å². The second-order valence-electron chi connectivity index (χ2n) is 3.62. The Morgan fingerprint density at radius 2 is 1.82 bits per heavy atom. The van der Waals surface area contributed by atoms with Gasteiger partial charge in [-0.05, 0) is 62.5 Å². The molecule has 3 nitrogen and oxygen atoms in total. The molecule has 0 fully saturated rings. The minimum Gasteiger partial charge on any atom is -0.491 e. The molecule has 0 atom stereocenters. The molecule has 0 radical (unpaired) electrons. The highest BCUT2D eigenvalue weighted by molar-refractivity contribution is 9.11. The van der Waals surface area contributed by atoms with Gasteiger partial charge in [-0.1, -0.05) is 0 Å². The Morgan fingerprint density at radius 1 is 1.18 bits per heavy atom. The quantitative estimate of drug-likeness (QED) is 0.754. The molecule has 0 saturated carbocycles. The molecule has 96 valence electrons. The van der Waals surface area contributed by atoms with E-state index in [9.17, 15) is 0 Å². The van der Waals surface area contributed by atoms with Gasteiger partial charge in [-0.3, -0.25) is 0 Å². The van der Waals surface area contributed by atoms with Gasteiger partial charge in [-0.25, -0.2) is 0 Å². The Morgan fingerprint density at radius 3 is 2.35 bits per heavy atom. The maximum absolute atomic E-state index is 5.70. The van der Waals surface area contributed by atoms with Gasteiger partial charge in [-0.2, -0.15) is 0 Å². The van der Waals surface area contributed by atoms with Crippen LogP contribution in [0.2, 0.25) is 0 Å². The normalized spacial score (nSPS) is 10.6. The lowest BCUT2D eigenvalue weighted by atomic mass is 10.1. The lowest BCUT2D eigenvalue weighted by Gasteiger charge is -2.12. The molecule has 0 aliphatic carbocycles. The first kappa shape index (κ1) is 15.0. The van der Waals surface area contributed by atoms with E-state index in [1.165, 1.54) is 5.56 Å². The van der Waals surface area contributed by atoms with Crippen LogP contribution in [0.4, 0.5) is 0 Å². The molecule has 0 aliphatic rings. The third-order valence-corrected chi connectivity index (χ3v) is 3.41. The van der Waals surface area contributed by atoms with Crippen molar-refractivity contribution >= 4 is 31.9 Å². The molecule has 1 rings (SSSR count). The summed E-state index contributed by atoms with van der Waals surface area (Å²) < 4.78 is 12.6. The maximum atomic E-state index is 5.70. The minimum atomic E-state index is 0.640. The standard InChI is InChI=1S/C12H17Br2NO2/c1-16-5-2-6-17-12-10(13)7-9(3-4-15)8-11(12)14/h7-8H,2-6,15H2,1H3. The van der Waals surface area contributed by atoms with E-state index in [0.717, 1.165) is 27.5 Å². The van der Waals surface area contributed by atoms with Crippen molar-refractivity contribution in [2.24, 2.45) is 5.73 Å². The number of methoxy groups -OCH3 is 1. The van der Waals surface area contributed by atoms with Crippen molar-refractivity contribution in [3.8, 4) is 5.75 Å². The molecular weight excluding hydrogens is 350 g/mol. The fourth-order valence-corrected chi connectivity index (χ4v) is 2.95. The van der Waals surface area contributed by atoms with Crippen LogP contribution in [0, 0.1) is 0 Å². The topological polar surface area (TPSA) is 44.5 Å². The molecule has 1 aromatic carbocycles. The van der Waals surface area contributed by atoms with Gasteiger partial charge in [0.2, 0.25) is 0 Å². The number of hydrogen-bond acceptors (Lipinski definition) is 3. The van der Waals surface area contributed by atoms with Gasteiger partial charge in [0.15, 0.2) is 0 Å². The summed E-state index contributed by atoms with van der Waals surface area (Å²) in [6, 6.07) is 4.09. The second kappa shape index (κ2) is 8.08. The van der Waals surface area contributed by atoms with Crippen LogP contribution in [-0.2, 0) is 11.2 Å². The predicted octanol–water partition coefficient (Wildman–Crippen LogP) is 3.13. The highest BCUT2D eigenvalue weighted by Gasteiger charge is 2.08. The molecule has 0 bridgehead atoms. The molecule has 0 unspecified atom stereocenters.